The van der Waals surface area contributed by atoms with Crippen LogP contribution in [0.5, 0.6) is 0 Å². The van der Waals surface area contributed by atoms with Crippen molar-refractivity contribution in [2.24, 2.45) is 0 Å². The summed E-state index contributed by atoms with van der Waals surface area (Å²) in [6.07, 6.45) is 1.36. The van der Waals surface area contributed by atoms with Crippen molar-refractivity contribution < 1.29 is 5.11 Å². The van der Waals surface area contributed by atoms with Gasteiger partial charge in [0.1, 0.15) is 17.7 Å². The minimum absolute atomic E-state index is 0.398. The zero-order chi connectivity index (χ0) is 11.1. The molecular weight excluding hydrogens is 192 g/mol. The zero-order valence-corrected chi connectivity index (χ0v) is 8.60. The molecule has 78 valence electrons. The Balaban J connectivity index is 2.68. The molecule has 3 N–H and O–H groups in total. The van der Waals surface area contributed by atoms with Crippen molar-refractivity contribution in [2.75, 3.05) is 5.73 Å². The average Bonchev–Trinajstić information content (AvgIpc) is 2.16. The molecule has 0 atom stereocenters. The Morgan fingerprint density at radius 3 is 2.67 bits per heavy atom. The summed E-state index contributed by atoms with van der Waals surface area (Å²) in [4.78, 5) is 12.1. The van der Waals surface area contributed by atoms with Crippen molar-refractivity contribution in [1.82, 2.24) is 15.0 Å². The van der Waals surface area contributed by atoms with Crippen molar-refractivity contribution in [1.29, 1.82) is 0 Å². The fraction of sp³-hybridized carbons (Fsp3) is 0.300. The molecule has 0 spiro atoms. The van der Waals surface area contributed by atoms with E-state index < -0.39 is 5.60 Å². The Morgan fingerprint density at radius 1 is 1.27 bits per heavy atom. The smallest absolute Gasteiger partial charge is 0.164 e. The molecule has 2 aromatic heterocycles. The van der Waals surface area contributed by atoms with E-state index in [4.69, 9.17) is 5.73 Å². The molecule has 0 aliphatic heterocycles. The topological polar surface area (TPSA) is 84.9 Å². The number of hydrogen-bond acceptors (Lipinski definition) is 5. The van der Waals surface area contributed by atoms with Crippen molar-refractivity contribution in [3.8, 4) is 0 Å². The largest absolute Gasteiger partial charge is 0.384 e. The maximum atomic E-state index is 9.78. The van der Waals surface area contributed by atoms with Gasteiger partial charge in [0.2, 0.25) is 0 Å². The normalized spacial score (nSPS) is 11.9. The van der Waals surface area contributed by atoms with Gasteiger partial charge >= 0.3 is 0 Å². The van der Waals surface area contributed by atoms with E-state index in [9.17, 15) is 5.11 Å². The lowest BCUT2D eigenvalue weighted by Gasteiger charge is -2.16. The van der Waals surface area contributed by atoms with Gasteiger partial charge in [-0.05, 0) is 26.0 Å². The van der Waals surface area contributed by atoms with E-state index in [1.165, 1.54) is 6.33 Å². The van der Waals surface area contributed by atoms with E-state index in [1.807, 2.05) is 0 Å². The molecule has 2 aromatic rings. The Morgan fingerprint density at radius 2 is 2.00 bits per heavy atom. The summed E-state index contributed by atoms with van der Waals surface area (Å²) in [6, 6.07) is 3.49. The predicted octanol–water partition coefficient (Wildman–Crippen LogP) is 0.834. The van der Waals surface area contributed by atoms with Gasteiger partial charge < -0.3 is 10.8 Å². The van der Waals surface area contributed by atoms with E-state index in [1.54, 1.807) is 26.0 Å². The molecule has 0 aliphatic carbocycles. The lowest BCUT2D eigenvalue weighted by Crippen LogP contribution is -2.17. The third-order valence-corrected chi connectivity index (χ3v) is 2.15. The monoisotopic (exact) mass is 204 g/mol. The Labute approximate surface area is 87.0 Å². The van der Waals surface area contributed by atoms with E-state index in [2.05, 4.69) is 15.0 Å². The second-order valence-electron chi connectivity index (χ2n) is 3.89. The Bertz CT molecular complexity index is 504. The van der Waals surface area contributed by atoms with E-state index in [0.29, 0.717) is 22.5 Å². The molecule has 15 heavy (non-hydrogen) atoms. The predicted molar refractivity (Wildman–Crippen MR) is 57.0 cm³/mol. The minimum Gasteiger partial charge on any atom is -0.384 e. The van der Waals surface area contributed by atoms with Crippen molar-refractivity contribution in [3.05, 3.63) is 24.2 Å². The van der Waals surface area contributed by atoms with Crippen LogP contribution in [0.4, 0.5) is 5.82 Å². The molecule has 0 saturated carbocycles. The third-order valence-electron chi connectivity index (χ3n) is 2.15. The lowest BCUT2D eigenvalue weighted by atomic mass is 10.0. The van der Waals surface area contributed by atoms with Crippen molar-refractivity contribution in [2.45, 2.75) is 19.4 Å². The Kier molecular flexibility index (Phi) is 2.04. The highest BCUT2D eigenvalue weighted by molar-refractivity contribution is 5.84. The number of rotatable bonds is 1. The summed E-state index contributed by atoms with van der Waals surface area (Å²) in [6.45, 7) is 3.34. The van der Waals surface area contributed by atoms with Gasteiger partial charge in [0.25, 0.3) is 0 Å². The van der Waals surface area contributed by atoms with Gasteiger partial charge in [0, 0.05) is 0 Å². The molecule has 0 amide bonds. The number of pyridine rings is 1. The molecule has 0 aliphatic rings. The molecule has 0 saturated heterocycles. The number of aliphatic hydroxyl groups is 1. The van der Waals surface area contributed by atoms with Crippen molar-refractivity contribution in [3.63, 3.8) is 0 Å². The summed E-state index contributed by atoms with van der Waals surface area (Å²) in [5.41, 5.74) is 5.75. The Hall–Kier alpha value is -1.75. The summed E-state index contributed by atoms with van der Waals surface area (Å²) < 4.78 is 0. The van der Waals surface area contributed by atoms with Gasteiger partial charge in [-0.15, -0.1) is 0 Å². The standard InChI is InChI=1S/C10H12N4O/c1-10(2,15)7-4-3-6-8(11)12-5-13-9(6)14-7/h3-5,15H,1-2H3,(H2,11,12,13,14). The molecule has 5 nitrogen and oxygen atoms in total. The SMILES string of the molecule is CC(C)(O)c1ccc2c(N)ncnc2n1. The summed E-state index contributed by atoms with van der Waals surface area (Å²) >= 11 is 0. The van der Waals surface area contributed by atoms with Gasteiger partial charge in [0.15, 0.2) is 5.65 Å². The molecule has 0 unspecified atom stereocenters. The maximum Gasteiger partial charge on any atom is 0.164 e. The zero-order valence-electron chi connectivity index (χ0n) is 8.60. The first kappa shape index (κ1) is 9.79. The van der Waals surface area contributed by atoms with Crippen molar-refractivity contribution >= 4 is 16.9 Å². The fourth-order valence-corrected chi connectivity index (χ4v) is 1.30. The van der Waals surface area contributed by atoms with Gasteiger partial charge in [-0.3, -0.25) is 0 Å². The molecule has 0 aromatic carbocycles. The second-order valence-corrected chi connectivity index (χ2v) is 3.89. The first-order valence-corrected chi connectivity index (χ1v) is 4.58. The van der Waals surface area contributed by atoms with Crippen LogP contribution >= 0.6 is 0 Å². The first-order chi connectivity index (χ1) is 6.98. The minimum atomic E-state index is -0.978. The van der Waals surface area contributed by atoms with Crippen LogP contribution in [-0.2, 0) is 5.60 Å². The molecule has 0 fully saturated rings. The van der Waals surface area contributed by atoms with E-state index in [0.717, 1.165) is 0 Å². The highest BCUT2D eigenvalue weighted by Crippen LogP contribution is 2.21. The average molecular weight is 204 g/mol. The van der Waals surface area contributed by atoms with Gasteiger partial charge in [0.05, 0.1) is 11.1 Å². The highest BCUT2D eigenvalue weighted by Gasteiger charge is 2.18. The van der Waals surface area contributed by atoms with Crippen LogP contribution in [0, 0.1) is 0 Å². The maximum absolute atomic E-state index is 9.78. The molecule has 5 heteroatoms. The molecule has 2 heterocycles. The number of aromatic nitrogens is 3. The van der Waals surface area contributed by atoms with E-state index in [-0.39, 0.29) is 0 Å². The number of anilines is 1. The van der Waals surface area contributed by atoms with Gasteiger partial charge in [-0.1, -0.05) is 0 Å². The van der Waals surface area contributed by atoms with E-state index >= 15 is 0 Å². The number of nitrogens with two attached hydrogens (primary N) is 1. The quantitative estimate of drug-likeness (QED) is 0.718. The molecule has 0 radical (unpaired) electrons. The third kappa shape index (κ3) is 1.73. The van der Waals surface area contributed by atoms with Crippen LogP contribution in [0.15, 0.2) is 18.5 Å². The van der Waals surface area contributed by atoms with Gasteiger partial charge in [-0.2, -0.15) is 0 Å². The van der Waals surface area contributed by atoms with Crippen LogP contribution in [0.3, 0.4) is 0 Å². The van der Waals surface area contributed by atoms with Gasteiger partial charge in [-0.25, -0.2) is 15.0 Å². The number of fused-ring (bicyclic) bond motifs is 1. The molecular formula is C10H12N4O. The number of nitrogens with zero attached hydrogens (tertiary/aromatic N) is 3. The summed E-state index contributed by atoms with van der Waals surface area (Å²) in [5.74, 6) is 0.398. The fourth-order valence-electron chi connectivity index (χ4n) is 1.30. The molecule has 0 bridgehead atoms. The van der Waals surface area contributed by atoms with Crippen LogP contribution in [0.2, 0.25) is 0 Å². The second kappa shape index (κ2) is 3.13. The lowest BCUT2D eigenvalue weighted by molar-refractivity contribution is 0.0742. The van der Waals surface area contributed by atoms with Crippen LogP contribution in [-0.4, -0.2) is 20.1 Å². The van der Waals surface area contributed by atoms with Crippen LogP contribution in [0.1, 0.15) is 19.5 Å². The summed E-state index contributed by atoms with van der Waals surface area (Å²) in [5, 5.41) is 10.5. The highest BCUT2D eigenvalue weighted by atomic mass is 16.3. The summed E-state index contributed by atoms with van der Waals surface area (Å²) in [7, 11) is 0. The molecule has 2 rings (SSSR count). The first-order valence-electron chi connectivity index (χ1n) is 4.58. The van der Waals surface area contributed by atoms with Crippen LogP contribution in [0.25, 0.3) is 11.0 Å². The van der Waals surface area contributed by atoms with Crippen LogP contribution < -0.4 is 5.73 Å². The number of nitrogen functional groups attached to an aromatic ring is 1. The number of hydrogen-bond donors (Lipinski definition) is 2.